The van der Waals surface area contributed by atoms with Crippen LogP contribution in [0, 0.1) is 11.8 Å². The van der Waals surface area contributed by atoms with Crippen molar-refractivity contribution in [1.29, 1.82) is 0 Å². The molecular weight excluding hydrogens is 491 g/mol. The zero-order valence-electron chi connectivity index (χ0n) is 21.4. The Labute approximate surface area is 225 Å². The van der Waals surface area contributed by atoms with Crippen LogP contribution in [-0.4, -0.2) is 53.0 Å². The maximum Gasteiger partial charge on any atom is 0.227 e. The minimum absolute atomic E-state index is 0.0571. The number of piperidine rings is 1. The summed E-state index contributed by atoms with van der Waals surface area (Å²) in [6.07, 6.45) is 6.29. The van der Waals surface area contributed by atoms with Crippen molar-refractivity contribution in [2.75, 3.05) is 26.2 Å². The summed E-state index contributed by atoms with van der Waals surface area (Å²) in [5.74, 6) is 1.30. The van der Waals surface area contributed by atoms with Gasteiger partial charge in [0.25, 0.3) is 0 Å². The molecule has 1 heterocycles. The first kappa shape index (κ1) is 27.0. The lowest BCUT2D eigenvalue weighted by molar-refractivity contribution is -0.135. The predicted octanol–water partition coefficient (Wildman–Crippen LogP) is 6.72. The van der Waals surface area contributed by atoms with Gasteiger partial charge in [0.15, 0.2) is 0 Å². The Bertz CT molecular complexity index is 1090. The summed E-state index contributed by atoms with van der Waals surface area (Å²) in [6.45, 7) is 11.9. The fourth-order valence-corrected chi connectivity index (χ4v) is 6.71. The molecule has 2 fully saturated rings. The van der Waals surface area contributed by atoms with Crippen LogP contribution in [0.15, 0.2) is 55.1 Å². The third-order valence-electron chi connectivity index (χ3n) is 8.05. The van der Waals surface area contributed by atoms with E-state index < -0.39 is 0 Å². The standard InChI is InChI=1S/C30H38Cl2N2O2/c1-4-13-33-14-12-30(23-6-5-7-26(35)17-23)18-25(10-9-24(30)20-33)34(19-21(2)3)29(36)16-22-8-11-27(31)28(32)15-22/h4-8,11,15,17,21,24-25,35H,1,9-10,12-14,16,18-20H2,2-3H3/t24-,25-,30+/m1/s1. The summed E-state index contributed by atoms with van der Waals surface area (Å²) in [4.78, 5) is 18.3. The second-order valence-electron chi connectivity index (χ2n) is 11.0. The third kappa shape index (κ3) is 5.93. The summed E-state index contributed by atoms with van der Waals surface area (Å²) in [7, 11) is 0. The molecule has 0 aromatic heterocycles. The Morgan fingerprint density at radius 1 is 1.22 bits per heavy atom. The molecule has 0 radical (unpaired) electrons. The fraction of sp³-hybridized carbons (Fsp3) is 0.500. The van der Waals surface area contributed by atoms with Crippen LogP contribution < -0.4 is 0 Å². The van der Waals surface area contributed by atoms with E-state index in [1.807, 2.05) is 24.3 Å². The monoisotopic (exact) mass is 528 g/mol. The lowest BCUT2D eigenvalue weighted by Crippen LogP contribution is -2.57. The first-order valence-electron chi connectivity index (χ1n) is 13.1. The van der Waals surface area contributed by atoms with Crippen molar-refractivity contribution < 1.29 is 9.90 Å². The molecule has 3 atom stereocenters. The van der Waals surface area contributed by atoms with Crippen LogP contribution in [0.25, 0.3) is 0 Å². The van der Waals surface area contributed by atoms with E-state index in [1.165, 1.54) is 5.56 Å². The molecule has 2 aromatic rings. The van der Waals surface area contributed by atoms with Gasteiger partial charge < -0.3 is 10.0 Å². The van der Waals surface area contributed by atoms with Gasteiger partial charge in [-0.1, -0.05) is 61.3 Å². The molecule has 1 aliphatic carbocycles. The molecule has 36 heavy (non-hydrogen) atoms. The summed E-state index contributed by atoms with van der Waals surface area (Å²) >= 11 is 12.3. The van der Waals surface area contributed by atoms with Gasteiger partial charge in [0, 0.05) is 31.1 Å². The molecule has 1 N–H and O–H groups in total. The van der Waals surface area contributed by atoms with Crippen molar-refractivity contribution in [3.8, 4) is 5.75 Å². The van der Waals surface area contributed by atoms with Crippen molar-refractivity contribution in [2.24, 2.45) is 11.8 Å². The van der Waals surface area contributed by atoms with Gasteiger partial charge in [-0.15, -0.1) is 6.58 Å². The van der Waals surface area contributed by atoms with Gasteiger partial charge in [-0.2, -0.15) is 0 Å². The van der Waals surface area contributed by atoms with Crippen LogP contribution >= 0.6 is 23.2 Å². The van der Waals surface area contributed by atoms with Gasteiger partial charge in [-0.05, 0) is 79.5 Å². The van der Waals surface area contributed by atoms with Crippen LogP contribution in [0.2, 0.25) is 10.0 Å². The van der Waals surface area contributed by atoms with Crippen molar-refractivity contribution in [2.45, 2.75) is 57.4 Å². The number of hydrogen-bond donors (Lipinski definition) is 1. The molecule has 194 valence electrons. The number of phenolic OH excluding ortho intramolecular Hbond substituents is 1. The Balaban J connectivity index is 1.63. The smallest absolute Gasteiger partial charge is 0.227 e. The number of carbonyl (C=O) groups excluding carboxylic acids is 1. The molecule has 4 nitrogen and oxygen atoms in total. The number of nitrogens with zero attached hydrogens (tertiary/aromatic N) is 2. The number of benzene rings is 2. The molecule has 2 aromatic carbocycles. The topological polar surface area (TPSA) is 43.8 Å². The number of hydrogen-bond acceptors (Lipinski definition) is 3. The van der Waals surface area contributed by atoms with Gasteiger partial charge in [0.1, 0.15) is 5.75 Å². The maximum absolute atomic E-state index is 13.7. The van der Waals surface area contributed by atoms with E-state index in [1.54, 1.807) is 18.2 Å². The summed E-state index contributed by atoms with van der Waals surface area (Å²) in [6, 6.07) is 13.4. The van der Waals surface area contributed by atoms with Crippen LogP contribution in [0.4, 0.5) is 0 Å². The largest absolute Gasteiger partial charge is 0.508 e. The van der Waals surface area contributed by atoms with Gasteiger partial charge in [-0.25, -0.2) is 0 Å². The van der Waals surface area contributed by atoms with Crippen LogP contribution in [0.3, 0.4) is 0 Å². The van der Waals surface area contributed by atoms with Crippen LogP contribution in [0.1, 0.15) is 50.7 Å². The number of carbonyl (C=O) groups is 1. The molecular formula is C30H38Cl2N2O2. The normalized spacial score (nSPS) is 24.4. The number of phenols is 1. The number of rotatable bonds is 8. The number of aromatic hydroxyl groups is 1. The van der Waals surface area contributed by atoms with E-state index >= 15 is 0 Å². The molecule has 1 aliphatic heterocycles. The average Bonchev–Trinajstić information content (AvgIpc) is 2.84. The second-order valence-corrected chi connectivity index (χ2v) is 11.8. The Kier molecular flexibility index (Phi) is 8.70. The zero-order chi connectivity index (χ0) is 25.9. The third-order valence-corrected chi connectivity index (χ3v) is 8.79. The number of likely N-dealkylation sites (tertiary alicyclic amines) is 1. The number of amides is 1. The summed E-state index contributed by atoms with van der Waals surface area (Å²) in [5.41, 5.74) is 2.03. The highest BCUT2D eigenvalue weighted by atomic mass is 35.5. The van der Waals surface area contributed by atoms with Gasteiger partial charge in [0.2, 0.25) is 5.91 Å². The molecule has 0 spiro atoms. The molecule has 6 heteroatoms. The molecule has 0 bridgehead atoms. The fourth-order valence-electron chi connectivity index (χ4n) is 6.39. The van der Waals surface area contributed by atoms with Gasteiger partial charge >= 0.3 is 0 Å². The number of halogens is 2. The minimum Gasteiger partial charge on any atom is -0.508 e. The van der Waals surface area contributed by atoms with E-state index in [-0.39, 0.29) is 17.4 Å². The molecule has 1 saturated carbocycles. The van der Waals surface area contributed by atoms with E-state index in [0.717, 1.165) is 57.4 Å². The molecule has 1 amide bonds. The Morgan fingerprint density at radius 2 is 2.03 bits per heavy atom. The SMILES string of the molecule is C=CCN1CC[C@@]2(c3cccc(O)c3)C[C@H](N(CC(C)C)C(=O)Cc3ccc(Cl)c(Cl)c3)CC[C@@H]2C1. The molecule has 0 unspecified atom stereocenters. The zero-order valence-corrected chi connectivity index (χ0v) is 22.9. The summed E-state index contributed by atoms with van der Waals surface area (Å²) < 4.78 is 0. The van der Waals surface area contributed by atoms with Gasteiger partial charge in [-0.3, -0.25) is 9.69 Å². The minimum atomic E-state index is -0.0571. The highest BCUT2D eigenvalue weighted by Gasteiger charge is 2.49. The molecule has 1 saturated heterocycles. The first-order valence-corrected chi connectivity index (χ1v) is 13.8. The van der Waals surface area contributed by atoms with Crippen molar-refractivity contribution in [1.82, 2.24) is 9.80 Å². The van der Waals surface area contributed by atoms with Crippen molar-refractivity contribution >= 4 is 29.1 Å². The molecule has 4 rings (SSSR count). The highest BCUT2D eigenvalue weighted by Crippen LogP contribution is 2.50. The maximum atomic E-state index is 13.7. The number of fused-ring (bicyclic) bond motifs is 1. The van der Waals surface area contributed by atoms with Gasteiger partial charge in [0.05, 0.1) is 16.5 Å². The van der Waals surface area contributed by atoms with E-state index in [2.05, 4.69) is 36.3 Å². The van der Waals surface area contributed by atoms with E-state index in [0.29, 0.717) is 34.1 Å². The Hall–Kier alpha value is -2.01. The lowest BCUT2D eigenvalue weighted by Gasteiger charge is -2.54. The van der Waals surface area contributed by atoms with E-state index in [9.17, 15) is 9.90 Å². The highest BCUT2D eigenvalue weighted by molar-refractivity contribution is 6.42. The first-order chi connectivity index (χ1) is 17.2. The Morgan fingerprint density at radius 3 is 2.72 bits per heavy atom. The lowest BCUT2D eigenvalue weighted by atomic mass is 9.57. The predicted molar refractivity (Wildman–Crippen MR) is 149 cm³/mol. The van der Waals surface area contributed by atoms with Crippen molar-refractivity contribution in [3.05, 3.63) is 76.3 Å². The average molecular weight is 530 g/mol. The molecule has 2 aliphatic rings. The van der Waals surface area contributed by atoms with Crippen LogP contribution in [0.5, 0.6) is 5.75 Å². The van der Waals surface area contributed by atoms with E-state index in [4.69, 9.17) is 23.2 Å². The van der Waals surface area contributed by atoms with Crippen molar-refractivity contribution in [3.63, 3.8) is 0 Å². The second kappa shape index (κ2) is 11.6. The summed E-state index contributed by atoms with van der Waals surface area (Å²) in [5, 5.41) is 11.3. The quantitative estimate of drug-likeness (QED) is 0.386. The van der Waals surface area contributed by atoms with Crippen LogP contribution in [-0.2, 0) is 16.6 Å².